The van der Waals surface area contributed by atoms with E-state index in [0.717, 1.165) is 19.4 Å². The van der Waals surface area contributed by atoms with Crippen LogP contribution in [-0.4, -0.2) is 34.0 Å². The normalized spacial score (nSPS) is 16.6. The molecule has 1 aliphatic rings. The van der Waals surface area contributed by atoms with E-state index in [1.165, 1.54) is 23.5 Å². The lowest BCUT2D eigenvalue weighted by molar-refractivity contribution is -0.117. The fourth-order valence-electron chi connectivity index (χ4n) is 2.81. The maximum Gasteiger partial charge on any atom is 0.264 e. The molecular weight excluding hydrogens is 374 g/mol. The van der Waals surface area contributed by atoms with Crippen molar-refractivity contribution in [3.05, 3.63) is 54.6 Å². The van der Waals surface area contributed by atoms with Gasteiger partial charge in [0.15, 0.2) is 0 Å². The topological polar surface area (TPSA) is 78.5 Å². The second kappa shape index (κ2) is 8.53. The minimum atomic E-state index is -3.70. The number of hydrogen-bond donors (Lipinski definition) is 2. The van der Waals surface area contributed by atoms with Crippen LogP contribution < -0.4 is 14.9 Å². The van der Waals surface area contributed by atoms with Gasteiger partial charge >= 0.3 is 0 Å². The lowest BCUT2D eigenvalue weighted by Gasteiger charge is -2.20. The molecule has 1 heterocycles. The monoisotopic (exact) mass is 395 g/mol. The van der Waals surface area contributed by atoms with E-state index < -0.39 is 10.0 Å². The molecule has 0 aromatic heterocycles. The summed E-state index contributed by atoms with van der Waals surface area (Å²) in [5.74, 6) is -0.136. The zero-order chi connectivity index (χ0) is 17.9. The van der Waals surface area contributed by atoms with Gasteiger partial charge in [-0.05, 0) is 49.7 Å². The summed E-state index contributed by atoms with van der Waals surface area (Å²) in [4.78, 5) is 12.3. The SMILES string of the molecule is CN(c1ccccc1)S(=O)(=O)c1cccc(NC(=O)C2CCCN2)c1.Cl. The zero-order valence-corrected chi connectivity index (χ0v) is 16.0. The molecule has 8 heteroatoms. The van der Waals surface area contributed by atoms with Gasteiger partial charge in [0.1, 0.15) is 0 Å². The number of nitrogens with zero attached hydrogens (tertiary/aromatic N) is 1. The Hall–Kier alpha value is -2.09. The van der Waals surface area contributed by atoms with Gasteiger partial charge in [-0.15, -0.1) is 12.4 Å². The molecule has 2 aromatic rings. The number of amides is 1. The Labute approximate surface area is 160 Å². The molecule has 2 aromatic carbocycles. The standard InChI is InChI=1S/C18H21N3O3S.ClH/c1-21(15-8-3-2-4-9-15)25(23,24)16-10-5-7-14(13-16)20-18(22)17-11-6-12-19-17;/h2-5,7-10,13,17,19H,6,11-12H2,1H3,(H,20,22);1H. The van der Waals surface area contributed by atoms with E-state index in [-0.39, 0.29) is 29.3 Å². The fraction of sp³-hybridized carbons (Fsp3) is 0.278. The average Bonchev–Trinajstić information content (AvgIpc) is 3.17. The van der Waals surface area contributed by atoms with Crippen LogP contribution in [0.15, 0.2) is 59.5 Å². The quantitative estimate of drug-likeness (QED) is 0.815. The number of hydrogen-bond acceptors (Lipinski definition) is 4. The van der Waals surface area contributed by atoms with Gasteiger partial charge in [0.25, 0.3) is 10.0 Å². The van der Waals surface area contributed by atoms with Gasteiger partial charge in [0.05, 0.1) is 16.6 Å². The van der Waals surface area contributed by atoms with Crippen molar-refractivity contribution in [2.45, 2.75) is 23.8 Å². The molecule has 1 saturated heterocycles. The maximum atomic E-state index is 12.8. The largest absolute Gasteiger partial charge is 0.325 e. The molecule has 1 atom stereocenters. The first-order valence-corrected chi connectivity index (χ1v) is 9.61. The van der Waals surface area contributed by atoms with E-state index in [4.69, 9.17) is 0 Å². The number of nitrogens with one attached hydrogen (secondary N) is 2. The Bertz CT molecular complexity index is 853. The van der Waals surface area contributed by atoms with E-state index in [9.17, 15) is 13.2 Å². The number of sulfonamides is 1. The second-order valence-electron chi connectivity index (χ2n) is 5.97. The minimum absolute atomic E-state index is 0. The third-order valence-electron chi connectivity index (χ3n) is 4.26. The molecule has 0 saturated carbocycles. The molecule has 2 N–H and O–H groups in total. The molecule has 1 unspecified atom stereocenters. The number of anilines is 2. The molecule has 26 heavy (non-hydrogen) atoms. The molecule has 1 fully saturated rings. The van der Waals surface area contributed by atoms with Gasteiger partial charge < -0.3 is 10.6 Å². The van der Waals surface area contributed by atoms with Crippen LogP contribution in [0.1, 0.15) is 12.8 Å². The van der Waals surface area contributed by atoms with Gasteiger partial charge in [-0.1, -0.05) is 24.3 Å². The van der Waals surface area contributed by atoms with Gasteiger partial charge in [0.2, 0.25) is 5.91 Å². The lowest BCUT2D eigenvalue weighted by atomic mass is 10.2. The van der Waals surface area contributed by atoms with Crippen molar-refractivity contribution in [3.8, 4) is 0 Å². The number of rotatable bonds is 5. The first-order chi connectivity index (χ1) is 12.0. The Morgan fingerprint density at radius 3 is 2.54 bits per heavy atom. The molecular formula is C18H22ClN3O3S. The molecule has 0 aliphatic carbocycles. The lowest BCUT2D eigenvalue weighted by Crippen LogP contribution is -2.35. The summed E-state index contributed by atoms with van der Waals surface area (Å²) in [7, 11) is -2.19. The van der Waals surface area contributed by atoms with Crippen molar-refractivity contribution in [1.29, 1.82) is 0 Å². The predicted molar refractivity (Wildman–Crippen MR) is 105 cm³/mol. The van der Waals surface area contributed by atoms with Gasteiger partial charge in [-0.3, -0.25) is 9.10 Å². The second-order valence-corrected chi connectivity index (χ2v) is 7.94. The van der Waals surface area contributed by atoms with Crippen molar-refractivity contribution >= 4 is 39.7 Å². The van der Waals surface area contributed by atoms with Crippen molar-refractivity contribution in [2.75, 3.05) is 23.2 Å². The third-order valence-corrected chi connectivity index (χ3v) is 6.04. The van der Waals surface area contributed by atoms with Crippen LogP contribution in [0.4, 0.5) is 11.4 Å². The average molecular weight is 396 g/mol. The molecule has 1 amide bonds. The van der Waals surface area contributed by atoms with Crippen molar-refractivity contribution in [2.24, 2.45) is 0 Å². The summed E-state index contributed by atoms with van der Waals surface area (Å²) >= 11 is 0. The van der Waals surface area contributed by atoms with Crippen LogP contribution in [0.3, 0.4) is 0 Å². The van der Waals surface area contributed by atoms with E-state index in [0.29, 0.717) is 11.4 Å². The summed E-state index contributed by atoms with van der Waals surface area (Å²) in [5.41, 5.74) is 1.05. The number of benzene rings is 2. The molecule has 0 spiro atoms. The van der Waals surface area contributed by atoms with E-state index in [2.05, 4.69) is 10.6 Å². The van der Waals surface area contributed by atoms with Gasteiger partial charge in [-0.2, -0.15) is 0 Å². The van der Waals surface area contributed by atoms with E-state index in [1.54, 1.807) is 36.4 Å². The Morgan fingerprint density at radius 1 is 1.15 bits per heavy atom. The molecule has 6 nitrogen and oxygen atoms in total. The Balaban J connectivity index is 0.00000243. The zero-order valence-electron chi connectivity index (χ0n) is 14.4. The van der Waals surface area contributed by atoms with Crippen LogP contribution in [0.2, 0.25) is 0 Å². The smallest absolute Gasteiger partial charge is 0.264 e. The van der Waals surface area contributed by atoms with Gasteiger partial charge in [-0.25, -0.2) is 8.42 Å². The number of halogens is 1. The van der Waals surface area contributed by atoms with Crippen LogP contribution in [-0.2, 0) is 14.8 Å². The highest BCUT2D eigenvalue weighted by Crippen LogP contribution is 2.24. The number of para-hydroxylation sites is 1. The Morgan fingerprint density at radius 2 is 1.88 bits per heavy atom. The number of carbonyl (C=O) groups is 1. The van der Waals surface area contributed by atoms with Crippen molar-refractivity contribution in [3.63, 3.8) is 0 Å². The van der Waals surface area contributed by atoms with Crippen LogP contribution in [0.25, 0.3) is 0 Å². The van der Waals surface area contributed by atoms with Crippen LogP contribution in [0.5, 0.6) is 0 Å². The fourth-order valence-corrected chi connectivity index (χ4v) is 4.05. The number of carbonyl (C=O) groups excluding carboxylic acids is 1. The molecule has 1 aliphatic heterocycles. The molecule has 3 rings (SSSR count). The summed E-state index contributed by atoms with van der Waals surface area (Å²) in [5, 5.41) is 5.91. The van der Waals surface area contributed by atoms with Crippen LogP contribution in [0, 0.1) is 0 Å². The van der Waals surface area contributed by atoms with Crippen molar-refractivity contribution < 1.29 is 13.2 Å². The predicted octanol–water partition coefficient (Wildman–Crippen LogP) is 2.62. The minimum Gasteiger partial charge on any atom is -0.325 e. The van der Waals surface area contributed by atoms with Gasteiger partial charge in [0, 0.05) is 12.7 Å². The molecule has 0 radical (unpaired) electrons. The maximum absolute atomic E-state index is 12.8. The first-order valence-electron chi connectivity index (χ1n) is 8.17. The highest BCUT2D eigenvalue weighted by Gasteiger charge is 2.24. The summed E-state index contributed by atoms with van der Waals surface area (Å²) < 4.78 is 26.9. The summed E-state index contributed by atoms with van der Waals surface area (Å²) in [6, 6.07) is 15.0. The van der Waals surface area contributed by atoms with E-state index >= 15 is 0 Å². The van der Waals surface area contributed by atoms with E-state index in [1.807, 2.05) is 6.07 Å². The summed E-state index contributed by atoms with van der Waals surface area (Å²) in [6.07, 6.45) is 1.76. The Kier molecular flexibility index (Phi) is 6.63. The first kappa shape index (κ1) is 20.2. The third kappa shape index (κ3) is 4.35. The summed E-state index contributed by atoms with van der Waals surface area (Å²) in [6.45, 7) is 0.828. The van der Waals surface area contributed by atoms with Crippen molar-refractivity contribution in [1.82, 2.24) is 5.32 Å². The highest BCUT2D eigenvalue weighted by molar-refractivity contribution is 7.92. The van der Waals surface area contributed by atoms with Crippen LogP contribution >= 0.6 is 12.4 Å². The molecule has 140 valence electrons. The highest BCUT2D eigenvalue weighted by atomic mass is 35.5. The molecule has 0 bridgehead atoms.